The first kappa shape index (κ1) is 19.7. The molecule has 7 heteroatoms. The summed E-state index contributed by atoms with van der Waals surface area (Å²) in [6.07, 6.45) is 2.69. The van der Waals surface area contributed by atoms with Crippen molar-refractivity contribution < 1.29 is 23.9 Å². The van der Waals surface area contributed by atoms with E-state index in [0.29, 0.717) is 16.1 Å². The van der Waals surface area contributed by atoms with E-state index in [1.165, 1.54) is 37.5 Å². The van der Waals surface area contributed by atoms with Gasteiger partial charge in [-0.05, 0) is 42.0 Å². The Balaban J connectivity index is 1.91. The Labute approximate surface area is 160 Å². The number of halogens is 2. The van der Waals surface area contributed by atoms with E-state index >= 15 is 0 Å². The Morgan fingerprint density at radius 2 is 1.73 bits per heavy atom. The number of hydrogen-bond acceptors (Lipinski definition) is 5. The van der Waals surface area contributed by atoms with Crippen LogP contribution in [0.15, 0.2) is 48.5 Å². The SMILES string of the molecule is COC(=O)c1ccc(/C=C/C(=O)OCC(=O)c2ccc(Cl)cc2Cl)cc1. The molecule has 2 aromatic carbocycles. The first-order valence-electron chi connectivity index (χ1n) is 7.42. The van der Waals surface area contributed by atoms with Gasteiger partial charge in [0, 0.05) is 16.7 Å². The summed E-state index contributed by atoms with van der Waals surface area (Å²) >= 11 is 11.7. The summed E-state index contributed by atoms with van der Waals surface area (Å²) in [7, 11) is 1.30. The molecule has 134 valence electrons. The van der Waals surface area contributed by atoms with Crippen LogP contribution < -0.4 is 0 Å². The predicted octanol–water partition coefficient (Wildman–Crippen LogP) is 4.22. The van der Waals surface area contributed by atoms with Gasteiger partial charge in [0.15, 0.2) is 6.61 Å². The van der Waals surface area contributed by atoms with Gasteiger partial charge in [0.1, 0.15) is 0 Å². The Morgan fingerprint density at radius 3 is 2.35 bits per heavy atom. The molecule has 0 saturated carbocycles. The maximum Gasteiger partial charge on any atom is 0.337 e. The van der Waals surface area contributed by atoms with Crippen LogP contribution in [-0.4, -0.2) is 31.4 Å². The van der Waals surface area contributed by atoms with Gasteiger partial charge >= 0.3 is 11.9 Å². The van der Waals surface area contributed by atoms with E-state index in [4.69, 9.17) is 27.9 Å². The van der Waals surface area contributed by atoms with Crippen LogP contribution in [0.4, 0.5) is 0 Å². The van der Waals surface area contributed by atoms with Crippen molar-refractivity contribution in [3.05, 3.63) is 75.3 Å². The molecule has 0 radical (unpaired) electrons. The zero-order chi connectivity index (χ0) is 19.1. The number of ether oxygens (including phenoxy) is 2. The summed E-state index contributed by atoms with van der Waals surface area (Å²) in [6, 6.07) is 10.9. The van der Waals surface area contributed by atoms with Crippen molar-refractivity contribution in [2.24, 2.45) is 0 Å². The average Bonchev–Trinajstić information content (AvgIpc) is 2.64. The Bertz CT molecular complexity index is 857. The van der Waals surface area contributed by atoms with Crippen LogP contribution in [0, 0.1) is 0 Å². The van der Waals surface area contributed by atoms with Crippen molar-refractivity contribution in [2.75, 3.05) is 13.7 Å². The summed E-state index contributed by atoms with van der Waals surface area (Å²) in [5.74, 6) is -1.56. The Morgan fingerprint density at radius 1 is 1.04 bits per heavy atom. The molecule has 0 fully saturated rings. The van der Waals surface area contributed by atoms with Crippen LogP contribution in [0.2, 0.25) is 10.0 Å². The van der Waals surface area contributed by atoms with Gasteiger partial charge in [-0.25, -0.2) is 9.59 Å². The number of methoxy groups -OCH3 is 1. The van der Waals surface area contributed by atoms with Crippen molar-refractivity contribution in [1.82, 2.24) is 0 Å². The predicted molar refractivity (Wildman–Crippen MR) is 98.6 cm³/mol. The molecule has 26 heavy (non-hydrogen) atoms. The van der Waals surface area contributed by atoms with Crippen molar-refractivity contribution in [1.29, 1.82) is 0 Å². The minimum absolute atomic E-state index is 0.194. The second kappa shape index (κ2) is 9.17. The summed E-state index contributed by atoms with van der Waals surface area (Å²) in [5.41, 5.74) is 1.31. The van der Waals surface area contributed by atoms with E-state index in [1.807, 2.05) is 0 Å². The van der Waals surface area contributed by atoms with Crippen molar-refractivity contribution in [3.63, 3.8) is 0 Å². The molecule has 0 aliphatic carbocycles. The highest BCUT2D eigenvalue weighted by Gasteiger charge is 2.12. The first-order chi connectivity index (χ1) is 12.4. The van der Waals surface area contributed by atoms with Crippen LogP contribution in [0.5, 0.6) is 0 Å². The van der Waals surface area contributed by atoms with Gasteiger partial charge in [0.05, 0.1) is 17.7 Å². The van der Waals surface area contributed by atoms with E-state index in [9.17, 15) is 14.4 Å². The molecular formula is C19H14Cl2O5. The molecule has 2 aromatic rings. The van der Waals surface area contributed by atoms with Crippen LogP contribution >= 0.6 is 23.2 Å². The second-order valence-corrected chi connectivity index (χ2v) is 5.95. The fraction of sp³-hybridized carbons (Fsp3) is 0.105. The normalized spacial score (nSPS) is 10.6. The maximum atomic E-state index is 12.0. The lowest BCUT2D eigenvalue weighted by Crippen LogP contribution is -2.13. The van der Waals surface area contributed by atoms with Crippen LogP contribution in [0.25, 0.3) is 6.08 Å². The number of carbonyl (C=O) groups is 3. The van der Waals surface area contributed by atoms with Crippen molar-refractivity contribution in [2.45, 2.75) is 0 Å². The summed E-state index contributed by atoms with van der Waals surface area (Å²) in [4.78, 5) is 35.1. The molecule has 0 aliphatic rings. The number of hydrogen-bond donors (Lipinski definition) is 0. The van der Waals surface area contributed by atoms with Gasteiger partial charge in [0.2, 0.25) is 5.78 Å². The molecule has 2 rings (SSSR count). The van der Waals surface area contributed by atoms with Crippen LogP contribution in [0.1, 0.15) is 26.3 Å². The lowest BCUT2D eigenvalue weighted by molar-refractivity contribution is -0.136. The molecular weight excluding hydrogens is 379 g/mol. The van der Waals surface area contributed by atoms with Crippen molar-refractivity contribution in [3.8, 4) is 0 Å². The van der Waals surface area contributed by atoms with E-state index in [0.717, 1.165) is 0 Å². The zero-order valence-corrected chi connectivity index (χ0v) is 15.2. The number of rotatable bonds is 6. The van der Waals surface area contributed by atoms with E-state index in [-0.39, 0.29) is 10.6 Å². The van der Waals surface area contributed by atoms with Gasteiger partial charge in [-0.2, -0.15) is 0 Å². The quantitative estimate of drug-likeness (QED) is 0.418. The van der Waals surface area contributed by atoms with E-state index in [1.54, 1.807) is 24.3 Å². The van der Waals surface area contributed by atoms with Crippen LogP contribution in [0.3, 0.4) is 0 Å². The van der Waals surface area contributed by atoms with Gasteiger partial charge in [-0.3, -0.25) is 4.79 Å². The molecule has 0 bridgehead atoms. The largest absolute Gasteiger partial charge is 0.465 e. The molecule has 5 nitrogen and oxygen atoms in total. The monoisotopic (exact) mass is 392 g/mol. The van der Waals surface area contributed by atoms with Crippen LogP contribution in [-0.2, 0) is 14.3 Å². The molecule has 0 N–H and O–H groups in total. The fourth-order valence-corrected chi connectivity index (χ4v) is 2.50. The third-order valence-electron chi connectivity index (χ3n) is 3.32. The van der Waals surface area contributed by atoms with E-state index in [2.05, 4.69) is 4.74 Å². The molecule has 0 aliphatic heterocycles. The maximum absolute atomic E-state index is 12.0. The summed E-state index contributed by atoms with van der Waals surface area (Å²) < 4.78 is 9.50. The average molecular weight is 393 g/mol. The van der Waals surface area contributed by atoms with Gasteiger partial charge in [-0.1, -0.05) is 35.3 Å². The topological polar surface area (TPSA) is 69.7 Å². The fourth-order valence-electron chi connectivity index (χ4n) is 1.99. The summed E-state index contributed by atoms with van der Waals surface area (Å²) in [6.45, 7) is -0.439. The van der Waals surface area contributed by atoms with Gasteiger partial charge in [0.25, 0.3) is 0 Å². The minimum atomic E-state index is -0.680. The molecule has 0 spiro atoms. The van der Waals surface area contributed by atoms with Gasteiger partial charge < -0.3 is 9.47 Å². The molecule has 0 heterocycles. The Hall–Kier alpha value is -2.63. The molecule has 0 unspecified atom stereocenters. The number of Topliss-reactive ketones (excluding diaryl/α,β-unsaturated/α-hetero) is 1. The smallest absolute Gasteiger partial charge is 0.337 e. The lowest BCUT2D eigenvalue weighted by atomic mass is 10.1. The third kappa shape index (κ3) is 5.44. The third-order valence-corrected chi connectivity index (χ3v) is 3.87. The number of ketones is 1. The molecule has 0 amide bonds. The van der Waals surface area contributed by atoms with E-state index < -0.39 is 24.3 Å². The minimum Gasteiger partial charge on any atom is -0.465 e. The lowest BCUT2D eigenvalue weighted by Gasteiger charge is -2.04. The van der Waals surface area contributed by atoms with Crippen molar-refractivity contribution >= 4 is 47.0 Å². The molecule has 0 saturated heterocycles. The first-order valence-corrected chi connectivity index (χ1v) is 8.18. The standard InChI is InChI=1S/C19H14Cl2O5/c1-25-19(24)13-5-2-12(3-6-13)4-9-18(23)26-11-17(22)15-8-7-14(20)10-16(15)21/h2-10H,11H2,1H3/b9-4+. The Kier molecular flexibility index (Phi) is 6.95. The number of esters is 2. The number of benzene rings is 2. The summed E-state index contributed by atoms with van der Waals surface area (Å²) in [5, 5.41) is 0.601. The highest BCUT2D eigenvalue weighted by Crippen LogP contribution is 2.21. The second-order valence-electron chi connectivity index (χ2n) is 5.10. The van der Waals surface area contributed by atoms with Gasteiger partial charge in [-0.15, -0.1) is 0 Å². The highest BCUT2D eigenvalue weighted by atomic mass is 35.5. The highest BCUT2D eigenvalue weighted by molar-refractivity contribution is 6.36. The molecule has 0 atom stereocenters. The molecule has 0 aromatic heterocycles. The number of carbonyl (C=O) groups excluding carboxylic acids is 3. The zero-order valence-electron chi connectivity index (χ0n) is 13.7.